The third kappa shape index (κ3) is 2.51. The minimum Gasteiger partial charge on any atom is -0.467 e. The molecular formula is C16H20N2O. The molecule has 2 N–H and O–H groups in total. The standard InChI is InChI=1S/C16H20N2O/c1-12-6-14-4-2-3-5-16(14)18(9-12)10-15-7-13(8-17)11-19-15/h2-5,7,11-12H,6,8-10,17H2,1H3. The molecule has 0 aliphatic carbocycles. The van der Waals surface area contributed by atoms with Crippen molar-refractivity contribution in [3.63, 3.8) is 0 Å². The molecule has 2 aromatic rings. The van der Waals surface area contributed by atoms with Crippen molar-refractivity contribution in [1.29, 1.82) is 0 Å². The second-order valence-electron chi connectivity index (χ2n) is 5.44. The van der Waals surface area contributed by atoms with E-state index in [4.69, 9.17) is 10.2 Å². The van der Waals surface area contributed by atoms with E-state index in [1.54, 1.807) is 6.26 Å². The van der Waals surface area contributed by atoms with Gasteiger partial charge in [0.05, 0.1) is 12.8 Å². The second kappa shape index (κ2) is 5.10. The molecule has 100 valence electrons. The lowest BCUT2D eigenvalue weighted by molar-refractivity contribution is 0.473. The van der Waals surface area contributed by atoms with Crippen LogP contribution in [0.25, 0.3) is 0 Å². The maximum atomic E-state index is 5.62. The molecule has 0 saturated carbocycles. The van der Waals surface area contributed by atoms with Gasteiger partial charge in [0.25, 0.3) is 0 Å². The Balaban J connectivity index is 1.84. The first-order chi connectivity index (χ1) is 9.26. The fourth-order valence-corrected chi connectivity index (χ4v) is 2.86. The average molecular weight is 256 g/mol. The summed E-state index contributed by atoms with van der Waals surface area (Å²) in [4.78, 5) is 2.41. The first kappa shape index (κ1) is 12.3. The van der Waals surface area contributed by atoms with E-state index >= 15 is 0 Å². The molecule has 0 saturated heterocycles. The van der Waals surface area contributed by atoms with Gasteiger partial charge in [-0.2, -0.15) is 0 Å². The number of furan rings is 1. The Morgan fingerprint density at radius 1 is 1.37 bits per heavy atom. The van der Waals surface area contributed by atoms with Gasteiger partial charge in [0.15, 0.2) is 0 Å². The van der Waals surface area contributed by atoms with Crippen molar-refractivity contribution in [1.82, 2.24) is 0 Å². The summed E-state index contributed by atoms with van der Waals surface area (Å²) in [7, 11) is 0. The third-order valence-electron chi connectivity index (χ3n) is 3.72. The molecule has 1 atom stereocenters. The smallest absolute Gasteiger partial charge is 0.123 e. The number of hydrogen-bond donors (Lipinski definition) is 1. The van der Waals surface area contributed by atoms with Gasteiger partial charge in [-0.05, 0) is 30.0 Å². The zero-order valence-corrected chi connectivity index (χ0v) is 11.3. The van der Waals surface area contributed by atoms with Crippen LogP contribution < -0.4 is 10.6 Å². The molecule has 1 aliphatic rings. The number of anilines is 1. The minimum atomic E-state index is 0.538. The Kier molecular flexibility index (Phi) is 3.30. The number of nitrogens with two attached hydrogens (primary N) is 1. The zero-order chi connectivity index (χ0) is 13.2. The van der Waals surface area contributed by atoms with Crippen molar-refractivity contribution in [2.75, 3.05) is 11.4 Å². The van der Waals surface area contributed by atoms with Gasteiger partial charge in [0.2, 0.25) is 0 Å². The van der Waals surface area contributed by atoms with Crippen molar-refractivity contribution in [2.24, 2.45) is 11.7 Å². The molecule has 1 aromatic carbocycles. The van der Waals surface area contributed by atoms with E-state index < -0.39 is 0 Å². The highest BCUT2D eigenvalue weighted by molar-refractivity contribution is 5.55. The summed E-state index contributed by atoms with van der Waals surface area (Å²) in [5, 5.41) is 0. The average Bonchev–Trinajstić information content (AvgIpc) is 2.86. The molecule has 0 bridgehead atoms. The fraction of sp³-hybridized carbons (Fsp3) is 0.375. The van der Waals surface area contributed by atoms with Gasteiger partial charge in [0, 0.05) is 24.3 Å². The summed E-state index contributed by atoms with van der Waals surface area (Å²) in [6.07, 6.45) is 2.92. The van der Waals surface area contributed by atoms with Crippen molar-refractivity contribution in [2.45, 2.75) is 26.4 Å². The topological polar surface area (TPSA) is 42.4 Å². The molecule has 19 heavy (non-hydrogen) atoms. The van der Waals surface area contributed by atoms with Crippen LogP contribution in [-0.2, 0) is 19.5 Å². The van der Waals surface area contributed by atoms with E-state index in [-0.39, 0.29) is 0 Å². The van der Waals surface area contributed by atoms with Crippen LogP contribution in [-0.4, -0.2) is 6.54 Å². The molecule has 1 aliphatic heterocycles. The Labute approximate surface area is 114 Å². The van der Waals surface area contributed by atoms with Crippen molar-refractivity contribution >= 4 is 5.69 Å². The zero-order valence-electron chi connectivity index (χ0n) is 11.3. The highest BCUT2D eigenvalue weighted by Gasteiger charge is 2.22. The van der Waals surface area contributed by atoms with Gasteiger partial charge in [0.1, 0.15) is 5.76 Å². The van der Waals surface area contributed by atoms with Crippen LogP contribution in [0.4, 0.5) is 5.69 Å². The third-order valence-corrected chi connectivity index (χ3v) is 3.72. The summed E-state index contributed by atoms with van der Waals surface area (Å²) in [5.74, 6) is 1.67. The van der Waals surface area contributed by atoms with E-state index in [0.29, 0.717) is 12.5 Å². The first-order valence-corrected chi connectivity index (χ1v) is 6.85. The van der Waals surface area contributed by atoms with Gasteiger partial charge < -0.3 is 15.1 Å². The normalized spacial score (nSPS) is 18.4. The maximum absolute atomic E-state index is 5.62. The number of benzene rings is 1. The lowest BCUT2D eigenvalue weighted by Gasteiger charge is -2.34. The number of fused-ring (bicyclic) bond motifs is 1. The summed E-state index contributed by atoms with van der Waals surface area (Å²) in [6, 6.07) is 10.7. The van der Waals surface area contributed by atoms with Crippen LogP contribution in [0.3, 0.4) is 0 Å². The summed E-state index contributed by atoms with van der Waals surface area (Å²) in [5.41, 5.74) is 9.46. The maximum Gasteiger partial charge on any atom is 0.123 e. The fourth-order valence-electron chi connectivity index (χ4n) is 2.86. The van der Waals surface area contributed by atoms with Crippen molar-refractivity contribution in [3.8, 4) is 0 Å². The largest absolute Gasteiger partial charge is 0.467 e. The van der Waals surface area contributed by atoms with Gasteiger partial charge in [-0.1, -0.05) is 25.1 Å². The summed E-state index contributed by atoms with van der Waals surface area (Å²) < 4.78 is 5.59. The summed E-state index contributed by atoms with van der Waals surface area (Å²) in [6.45, 7) is 4.74. The molecular weight excluding hydrogens is 236 g/mol. The van der Waals surface area contributed by atoms with E-state index in [2.05, 4.69) is 42.2 Å². The Morgan fingerprint density at radius 2 is 2.21 bits per heavy atom. The Hall–Kier alpha value is -1.74. The minimum absolute atomic E-state index is 0.538. The molecule has 0 spiro atoms. The highest BCUT2D eigenvalue weighted by atomic mass is 16.3. The van der Waals surface area contributed by atoms with Crippen molar-refractivity contribution in [3.05, 3.63) is 53.5 Å². The number of rotatable bonds is 3. The van der Waals surface area contributed by atoms with Crippen LogP contribution in [0.1, 0.15) is 23.8 Å². The molecule has 1 unspecified atom stereocenters. The molecule has 1 aromatic heterocycles. The number of para-hydroxylation sites is 1. The summed E-state index contributed by atoms with van der Waals surface area (Å²) >= 11 is 0. The van der Waals surface area contributed by atoms with Crippen LogP contribution in [0, 0.1) is 5.92 Å². The SMILES string of the molecule is CC1Cc2ccccc2N(Cc2cc(CN)co2)C1. The highest BCUT2D eigenvalue weighted by Crippen LogP contribution is 2.30. The van der Waals surface area contributed by atoms with Crippen LogP contribution in [0.2, 0.25) is 0 Å². The van der Waals surface area contributed by atoms with Gasteiger partial charge in [-0.3, -0.25) is 0 Å². The number of nitrogens with zero attached hydrogens (tertiary/aromatic N) is 1. The monoisotopic (exact) mass is 256 g/mol. The predicted molar refractivity (Wildman–Crippen MR) is 77.0 cm³/mol. The van der Waals surface area contributed by atoms with Gasteiger partial charge in [-0.15, -0.1) is 0 Å². The molecule has 3 rings (SSSR count). The van der Waals surface area contributed by atoms with E-state index in [0.717, 1.165) is 24.4 Å². The molecule has 0 fully saturated rings. The Bertz CT molecular complexity index is 561. The molecule has 3 nitrogen and oxygen atoms in total. The van der Waals surface area contributed by atoms with Gasteiger partial charge in [-0.25, -0.2) is 0 Å². The van der Waals surface area contributed by atoms with E-state index in [9.17, 15) is 0 Å². The number of hydrogen-bond acceptors (Lipinski definition) is 3. The lowest BCUT2D eigenvalue weighted by atomic mass is 9.94. The molecule has 0 radical (unpaired) electrons. The quantitative estimate of drug-likeness (QED) is 0.918. The van der Waals surface area contributed by atoms with Crippen LogP contribution >= 0.6 is 0 Å². The molecule has 0 amide bonds. The van der Waals surface area contributed by atoms with Crippen LogP contribution in [0.5, 0.6) is 0 Å². The second-order valence-corrected chi connectivity index (χ2v) is 5.44. The van der Waals surface area contributed by atoms with E-state index in [1.165, 1.54) is 17.7 Å². The van der Waals surface area contributed by atoms with E-state index in [1.807, 2.05) is 0 Å². The van der Waals surface area contributed by atoms with Gasteiger partial charge >= 0.3 is 0 Å². The Morgan fingerprint density at radius 3 is 3.00 bits per heavy atom. The lowest BCUT2D eigenvalue weighted by Crippen LogP contribution is -2.33. The van der Waals surface area contributed by atoms with Crippen LogP contribution in [0.15, 0.2) is 41.0 Å². The molecule has 3 heteroatoms. The molecule has 2 heterocycles. The van der Waals surface area contributed by atoms with Crippen molar-refractivity contribution < 1.29 is 4.42 Å². The predicted octanol–water partition coefficient (Wildman–Crippen LogP) is 2.94. The first-order valence-electron chi connectivity index (χ1n) is 6.85.